The van der Waals surface area contributed by atoms with Crippen LogP contribution in [0.25, 0.3) is 12.2 Å². The van der Waals surface area contributed by atoms with E-state index in [0.29, 0.717) is 0 Å². The van der Waals surface area contributed by atoms with E-state index in [9.17, 15) is 4.79 Å². The number of Topliss-reactive ketones (excluding diaryl/α,β-unsaturated/α-hetero) is 1. The number of carbonyl (C=O) groups excluding carboxylic acids is 1. The molecule has 0 aromatic heterocycles. The lowest BCUT2D eigenvalue weighted by molar-refractivity contribution is -0.870. The van der Waals surface area contributed by atoms with Gasteiger partial charge in [-0.2, -0.15) is 0 Å². The number of nitrogens with one attached hydrogen (secondary N) is 1. The fourth-order valence-corrected chi connectivity index (χ4v) is 3.74. The summed E-state index contributed by atoms with van der Waals surface area (Å²) in [5.74, 6) is 0.153. The Balaban J connectivity index is 1.94. The van der Waals surface area contributed by atoms with Gasteiger partial charge in [0.15, 0.2) is 5.78 Å². The van der Waals surface area contributed by atoms with Gasteiger partial charge in [-0.25, -0.2) is 0 Å². The third-order valence-corrected chi connectivity index (χ3v) is 4.93. The molecular formula is C20H18Br2NO+. The van der Waals surface area contributed by atoms with Gasteiger partial charge < -0.3 is 4.90 Å². The van der Waals surface area contributed by atoms with E-state index in [4.69, 9.17) is 0 Å². The van der Waals surface area contributed by atoms with Gasteiger partial charge in [-0.15, -0.1) is 0 Å². The molecule has 0 spiro atoms. The van der Waals surface area contributed by atoms with Crippen LogP contribution >= 0.6 is 31.9 Å². The van der Waals surface area contributed by atoms with Crippen LogP contribution in [0.3, 0.4) is 0 Å². The van der Waals surface area contributed by atoms with E-state index >= 15 is 0 Å². The van der Waals surface area contributed by atoms with Gasteiger partial charge in [0.05, 0.1) is 18.2 Å². The molecule has 4 heteroatoms. The number of likely N-dealkylation sites (tertiary alicyclic amines) is 1. The number of hydrogen-bond donors (Lipinski definition) is 1. The lowest BCUT2D eigenvalue weighted by Crippen LogP contribution is -3.10. The van der Waals surface area contributed by atoms with E-state index in [1.54, 1.807) is 0 Å². The Bertz CT molecular complexity index is 772. The minimum Gasteiger partial charge on any atom is -0.330 e. The standard InChI is InChI=1S/C20H17Br2NO/c1-23-12-16(8-14-4-2-6-18(21)10-14)20(24)17(13-23)9-15-5-3-7-19(22)11-15/h2-11H,12-13H2,1H3/p+1/b16-8-,17-9+. The normalized spacial score (nSPS) is 21.5. The molecule has 122 valence electrons. The zero-order valence-corrected chi connectivity index (χ0v) is 16.5. The second kappa shape index (κ2) is 7.60. The number of carbonyl (C=O) groups is 1. The Kier molecular flexibility index (Phi) is 5.49. The van der Waals surface area contributed by atoms with Gasteiger partial charge in [0.2, 0.25) is 0 Å². The largest absolute Gasteiger partial charge is 0.330 e. The fourth-order valence-electron chi connectivity index (χ4n) is 2.91. The topological polar surface area (TPSA) is 21.5 Å². The lowest BCUT2D eigenvalue weighted by Gasteiger charge is -2.23. The highest BCUT2D eigenvalue weighted by Crippen LogP contribution is 2.19. The van der Waals surface area contributed by atoms with E-state index < -0.39 is 0 Å². The van der Waals surface area contributed by atoms with Gasteiger partial charge in [-0.05, 0) is 47.5 Å². The van der Waals surface area contributed by atoms with Crippen LogP contribution in [0.1, 0.15) is 11.1 Å². The van der Waals surface area contributed by atoms with Crippen molar-refractivity contribution < 1.29 is 9.69 Å². The first kappa shape index (κ1) is 17.3. The molecule has 2 nitrogen and oxygen atoms in total. The molecule has 24 heavy (non-hydrogen) atoms. The van der Waals surface area contributed by atoms with Crippen LogP contribution in [0.15, 0.2) is 68.6 Å². The van der Waals surface area contributed by atoms with Gasteiger partial charge in [0, 0.05) is 8.95 Å². The van der Waals surface area contributed by atoms with E-state index in [2.05, 4.69) is 38.9 Å². The first-order chi connectivity index (χ1) is 11.5. The second-order valence-electron chi connectivity index (χ2n) is 6.09. The Hall–Kier alpha value is -1.49. The molecule has 1 heterocycles. The van der Waals surface area contributed by atoms with E-state index in [1.807, 2.05) is 60.7 Å². The summed E-state index contributed by atoms with van der Waals surface area (Å²) in [6, 6.07) is 16.0. The highest BCUT2D eigenvalue weighted by atomic mass is 79.9. The van der Waals surface area contributed by atoms with E-state index in [1.165, 1.54) is 4.90 Å². The predicted octanol–water partition coefficient (Wildman–Crippen LogP) is 3.78. The summed E-state index contributed by atoms with van der Waals surface area (Å²) >= 11 is 6.96. The summed E-state index contributed by atoms with van der Waals surface area (Å²) < 4.78 is 2.04. The zero-order valence-electron chi connectivity index (χ0n) is 13.4. The Morgan fingerprint density at radius 2 is 1.33 bits per heavy atom. The average molecular weight is 448 g/mol. The van der Waals surface area contributed by atoms with Crippen molar-refractivity contribution >= 4 is 49.8 Å². The average Bonchev–Trinajstić information content (AvgIpc) is 2.52. The van der Waals surface area contributed by atoms with Crippen LogP contribution in [0.2, 0.25) is 0 Å². The molecule has 2 aromatic rings. The van der Waals surface area contributed by atoms with Crippen molar-refractivity contribution in [1.82, 2.24) is 0 Å². The molecule has 2 aromatic carbocycles. The molecule has 1 aliphatic rings. The molecule has 1 atom stereocenters. The third-order valence-electron chi connectivity index (χ3n) is 3.95. The lowest BCUT2D eigenvalue weighted by atomic mass is 9.94. The predicted molar refractivity (Wildman–Crippen MR) is 106 cm³/mol. The third kappa shape index (κ3) is 4.32. The van der Waals surface area contributed by atoms with Crippen molar-refractivity contribution in [3.63, 3.8) is 0 Å². The van der Waals surface area contributed by atoms with Crippen LogP contribution in [0.5, 0.6) is 0 Å². The van der Waals surface area contributed by atoms with Crippen molar-refractivity contribution in [2.75, 3.05) is 20.1 Å². The van der Waals surface area contributed by atoms with Gasteiger partial charge in [-0.3, -0.25) is 4.79 Å². The van der Waals surface area contributed by atoms with Crippen LogP contribution in [-0.2, 0) is 4.79 Å². The smallest absolute Gasteiger partial charge is 0.196 e. The van der Waals surface area contributed by atoms with Gasteiger partial charge in [0.25, 0.3) is 0 Å². The quantitative estimate of drug-likeness (QED) is 0.695. The number of piperidine rings is 1. The van der Waals surface area contributed by atoms with E-state index in [0.717, 1.165) is 44.3 Å². The molecular weight excluding hydrogens is 430 g/mol. The van der Waals surface area contributed by atoms with E-state index in [-0.39, 0.29) is 5.78 Å². The van der Waals surface area contributed by atoms with Crippen LogP contribution in [0, 0.1) is 0 Å². The molecule has 3 rings (SSSR count). The fraction of sp³-hybridized carbons (Fsp3) is 0.150. The molecule has 1 aliphatic heterocycles. The summed E-state index contributed by atoms with van der Waals surface area (Å²) in [4.78, 5) is 14.2. The SMILES string of the molecule is C[NH+]1C/C(=C/c2cccc(Br)c2)C(=O)/C(=C/c2cccc(Br)c2)C1. The van der Waals surface area contributed by atoms with Crippen molar-refractivity contribution in [3.8, 4) is 0 Å². The summed E-state index contributed by atoms with van der Waals surface area (Å²) in [7, 11) is 2.12. The molecule has 1 saturated heterocycles. The summed E-state index contributed by atoms with van der Waals surface area (Å²) in [6.45, 7) is 1.50. The minimum absolute atomic E-state index is 0.153. The Labute approximate surface area is 159 Å². The Morgan fingerprint density at radius 3 is 1.75 bits per heavy atom. The molecule has 0 saturated carbocycles. The maximum atomic E-state index is 12.9. The van der Waals surface area contributed by atoms with Crippen LogP contribution < -0.4 is 4.90 Å². The molecule has 1 fully saturated rings. The minimum atomic E-state index is 0.153. The van der Waals surface area contributed by atoms with Gasteiger partial charge >= 0.3 is 0 Å². The van der Waals surface area contributed by atoms with Crippen molar-refractivity contribution in [2.24, 2.45) is 0 Å². The molecule has 0 aliphatic carbocycles. The van der Waals surface area contributed by atoms with Gasteiger partial charge in [0.1, 0.15) is 13.1 Å². The monoisotopic (exact) mass is 446 g/mol. The Morgan fingerprint density at radius 1 is 0.875 bits per heavy atom. The highest BCUT2D eigenvalue weighted by molar-refractivity contribution is 9.10. The molecule has 0 bridgehead atoms. The second-order valence-corrected chi connectivity index (χ2v) is 7.92. The first-order valence-corrected chi connectivity index (χ1v) is 9.38. The molecule has 1 unspecified atom stereocenters. The number of benzene rings is 2. The summed E-state index contributed by atoms with van der Waals surface area (Å²) in [5, 5.41) is 0. The van der Waals surface area contributed by atoms with Crippen molar-refractivity contribution in [1.29, 1.82) is 0 Å². The first-order valence-electron chi connectivity index (χ1n) is 7.79. The number of rotatable bonds is 2. The molecule has 0 radical (unpaired) electrons. The molecule has 1 N–H and O–H groups in total. The number of ketones is 1. The number of quaternary nitrogens is 1. The molecule has 0 amide bonds. The maximum Gasteiger partial charge on any atom is 0.196 e. The number of hydrogen-bond acceptors (Lipinski definition) is 1. The van der Waals surface area contributed by atoms with Crippen LogP contribution in [0.4, 0.5) is 0 Å². The zero-order chi connectivity index (χ0) is 17.1. The summed E-state index contributed by atoms with van der Waals surface area (Å²) in [6.07, 6.45) is 4.01. The maximum absolute atomic E-state index is 12.9. The van der Waals surface area contributed by atoms with Crippen LogP contribution in [-0.4, -0.2) is 25.9 Å². The number of halogens is 2. The highest BCUT2D eigenvalue weighted by Gasteiger charge is 2.27. The van der Waals surface area contributed by atoms with Crippen molar-refractivity contribution in [3.05, 3.63) is 79.7 Å². The van der Waals surface area contributed by atoms with Crippen molar-refractivity contribution in [2.45, 2.75) is 0 Å². The summed E-state index contributed by atoms with van der Waals surface area (Å²) in [5.41, 5.74) is 3.81. The van der Waals surface area contributed by atoms with Gasteiger partial charge in [-0.1, -0.05) is 56.1 Å². The number of likely N-dealkylation sites (N-methyl/N-ethyl adjacent to an activating group) is 1.